The summed E-state index contributed by atoms with van der Waals surface area (Å²) in [4.78, 5) is 0. The molecule has 0 aliphatic heterocycles. The van der Waals surface area contributed by atoms with Gasteiger partial charge in [0.25, 0.3) is 10.1 Å². The summed E-state index contributed by atoms with van der Waals surface area (Å²) in [6.07, 6.45) is 0. The standard InChI is InChI=1S/C7H8O3S.Fe/c8-11(9,10)6-7-4-2-1-3-5-7;/h1-5H,6H2,(H,8,9,10);. The molecule has 5 heteroatoms. The van der Waals surface area contributed by atoms with Gasteiger partial charge in [-0.25, -0.2) is 0 Å². The van der Waals surface area contributed by atoms with E-state index in [1.54, 1.807) is 30.3 Å². The van der Waals surface area contributed by atoms with Gasteiger partial charge in [0.2, 0.25) is 0 Å². The smallest absolute Gasteiger partial charge is 0.269 e. The van der Waals surface area contributed by atoms with Gasteiger partial charge in [-0.15, -0.1) is 0 Å². The van der Waals surface area contributed by atoms with Crippen molar-refractivity contribution in [1.82, 2.24) is 0 Å². The van der Waals surface area contributed by atoms with Gasteiger partial charge in [-0.3, -0.25) is 4.55 Å². The second kappa shape index (κ2) is 4.62. The SMILES string of the molecule is O=S(=O)(O)Cc1ccccc1.[Fe]. The molecule has 0 radical (unpaired) electrons. The van der Waals surface area contributed by atoms with E-state index in [0.29, 0.717) is 5.56 Å². The molecule has 0 fully saturated rings. The molecule has 0 bridgehead atoms. The van der Waals surface area contributed by atoms with Gasteiger partial charge in [-0.05, 0) is 5.56 Å². The van der Waals surface area contributed by atoms with Crippen LogP contribution < -0.4 is 0 Å². The van der Waals surface area contributed by atoms with Crippen LogP contribution in [0.2, 0.25) is 0 Å². The second-order valence-corrected chi connectivity index (χ2v) is 3.66. The Kier molecular flexibility index (Phi) is 4.49. The van der Waals surface area contributed by atoms with E-state index in [1.165, 1.54) is 0 Å². The first-order valence-electron chi connectivity index (χ1n) is 3.07. The molecule has 3 nitrogen and oxygen atoms in total. The first-order valence-corrected chi connectivity index (χ1v) is 4.68. The first-order chi connectivity index (χ1) is 5.08. The minimum Gasteiger partial charge on any atom is -0.285 e. The first kappa shape index (κ1) is 11.6. The van der Waals surface area contributed by atoms with Crippen molar-refractivity contribution in [2.75, 3.05) is 0 Å². The summed E-state index contributed by atoms with van der Waals surface area (Å²) in [5.41, 5.74) is 0.593. The van der Waals surface area contributed by atoms with Crippen molar-refractivity contribution in [3.8, 4) is 0 Å². The Labute approximate surface area is 82.0 Å². The molecule has 1 aromatic carbocycles. The molecular weight excluding hydrogens is 220 g/mol. The minimum atomic E-state index is -3.88. The molecule has 0 aromatic heterocycles. The molecule has 0 unspecified atom stereocenters. The van der Waals surface area contributed by atoms with Crippen LogP contribution in [-0.2, 0) is 32.9 Å². The van der Waals surface area contributed by atoms with E-state index in [4.69, 9.17) is 4.55 Å². The largest absolute Gasteiger partial charge is 0.285 e. The van der Waals surface area contributed by atoms with E-state index in [2.05, 4.69) is 0 Å². The average Bonchev–Trinajstić information content (AvgIpc) is 1.85. The number of hydrogen-bond donors (Lipinski definition) is 1. The third-order valence-corrected chi connectivity index (χ3v) is 1.89. The van der Waals surface area contributed by atoms with Gasteiger partial charge in [-0.2, -0.15) is 8.42 Å². The second-order valence-electron chi connectivity index (χ2n) is 2.21. The van der Waals surface area contributed by atoms with E-state index in [0.717, 1.165) is 0 Å². The molecule has 68 valence electrons. The van der Waals surface area contributed by atoms with Crippen LogP contribution in [0.1, 0.15) is 5.56 Å². The van der Waals surface area contributed by atoms with E-state index >= 15 is 0 Å². The van der Waals surface area contributed by atoms with E-state index in [9.17, 15) is 8.42 Å². The average molecular weight is 228 g/mol. The van der Waals surface area contributed by atoms with Gasteiger partial charge in [0.15, 0.2) is 0 Å². The molecule has 1 aromatic rings. The third-order valence-electron chi connectivity index (χ3n) is 1.19. The van der Waals surface area contributed by atoms with Crippen molar-refractivity contribution in [2.24, 2.45) is 0 Å². The summed E-state index contributed by atoms with van der Waals surface area (Å²) in [5, 5.41) is 0. The van der Waals surface area contributed by atoms with Crippen LogP contribution in [0.3, 0.4) is 0 Å². The van der Waals surface area contributed by atoms with E-state index in [-0.39, 0.29) is 22.8 Å². The van der Waals surface area contributed by atoms with Crippen molar-refractivity contribution < 1.29 is 30.0 Å². The normalized spacial score (nSPS) is 10.4. The summed E-state index contributed by atoms with van der Waals surface area (Å²) >= 11 is 0. The Bertz CT molecular complexity index is 320. The maximum absolute atomic E-state index is 10.4. The molecule has 1 N–H and O–H groups in total. The molecule has 0 saturated carbocycles. The maximum Gasteiger partial charge on any atom is 0.269 e. The van der Waals surface area contributed by atoms with Crippen LogP contribution in [0.15, 0.2) is 30.3 Å². The monoisotopic (exact) mass is 228 g/mol. The molecule has 1 rings (SSSR count). The zero-order chi connectivity index (χ0) is 8.32. The van der Waals surface area contributed by atoms with Crippen LogP contribution in [0.25, 0.3) is 0 Å². The fraction of sp³-hybridized carbons (Fsp3) is 0.143. The van der Waals surface area contributed by atoms with Crippen LogP contribution in [0, 0.1) is 0 Å². The zero-order valence-corrected chi connectivity index (χ0v) is 8.04. The Morgan fingerprint density at radius 2 is 1.67 bits per heavy atom. The molecule has 0 spiro atoms. The number of hydrogen-bond acceptors (Lipinski definition) is 2. The van der Waals surface area contributed by atoms with Crippen LogP contribution in [-0.4, -0.2) is 13.0 Å². The molecule has 0 aliphatic rings. The van der Waals surface area contributed by atoms with E-state index < -0.39 is 10.1 Å². The zero-order valence-electron chi connectivity index (χ0n) is 6.12. The Morgan fingerprint density at radius 1 is 1.17 bits per heavy atom. The van der Waals surface area contributed by atoms with Crippen LogP contribution in [0.4, 0.5) is 0 Å². The quantitative estimate of drug-likeness (QED) is 0.608. The third kappa shape index (κ3) is 4.51. The molecule has 12 heavy (non-hydrogen) atoms. The van der Waals surface area contributed by atoms with Gasteiger partial charge >= 0.3 is 0 Å². The minimum absolute atomic E-state index is 0. The Hall–Kier alpha value is -0.351. The van der Waals surface area contributed by atoms with Crippen molar-refractivity contribution >= 4 is 10.1 Å². The van der Waals surface area contributed by atoms with Crippen molar-refractivity contribution in [1.29, 1.82) is 0 Å². The van der Waals surface area contributed by atoms with Crippen molar-refractivity contribution in [3.63, 3.8) is 0 Å². The Balaban J connectivity index is 0.00000121. The summed E-state index contributed by atoms with van der Waals surface area (Å²) in [5.74, 6) is -0.312. The predicted molar refractivity (Wildman–Crippen MR) is 41.7 cm³/mol. The molecule has 0 atom stereocenters. The van der Waals surface area contributed by atoms with Crippen LogP contribution in [0.5, 0.6) is 0 Å². The molecular formula is C7H8FeO3S. The summed E-state index contributed by atoms with van der Waals surface area (Å²) in [7, 11) is -3.88. The fourth-order valence-electron chi connectivity index (χ4n) is 0.785. The molecule has 0 heterocycles. The summed E-state index contributed by atoms with van der Waals surface area (Å²) in [6.45, 7) is 0. The van der Waals surface area contributed by atoms with Crippen molar-refractivity contribution in [3.05, 3.63) is 35.9 Å². The summed E-state index contributed by atoms with van der Waals surface area (Å²) in [6, 6.07) is 8.52. The van der Waals surface area contributed by atoms with E-state index in [1.807, 2.05) is 0 Å². The Morgan fingerprint density at radius 3 is 2.08 bits per heavy atom. The van der Waals surface area contributed by atoms with Gasteiger partial charge in [0.1, 0.15) is 5.75 Å². The van der Waals surface area contributed by atoms with Gasteiger partial charge in [0.05, 0.1) is 0 Å². The topological polar surface area (TPSA) is 54.4 Å². The van der Waals surface area contributed by atoms with Gasteiger partial charge < -0.3 is 0 Å². The van der Waals surface area contributed by atoms with Crippen LogP contribution >= 0.6 is 0 Å². The number of rotatable bonds is 2. The number of benzene rings is 1. The van der Waals surface area contributed by atoms with Gasteiger partial charge in [-0.1, -0.05) is 30.3 Å². The molecule has 0 amide bonds. The molecule has 0 aliphatic carbocycles. The maximum atomic E-state index is 10.4. The fourth-order valence-corrected chi connectivity index (χ4v) is 1.40. The molecule has 0 saturated heterocycles. The summed E-state index contributed by atoms with van der Waals surface area (Å²) < 4.78 is 29.2. The predicted octanol–water partition coefficient (Wildman–Crippen LogP) is 1.07. The van der Waals surface area contributed by atoms with Gasteiger partial charge in [0, 0.05) is 17.1 Å². The van der Waals surface area contributed by atoms with Crippen molar-refractivity contribution in [2.45, 2.75) is 5.75 Å².